The van der Waals surface area contributed by atoms with E-state index >= 15 is 0 Å². The lowest BCUT2D eigenvalue weighted by molar-refractivity contribution is -0.117. The molecular weight excluding hydrogens is 366 g/mol. The minimum Gasteiger partial charge on any atom is -0.486 e. The Morgan fingerprint density at radius 3 is 2.41 bits per heavy atom. The number of anilines is 1. The van der Waals surface area contributed by atoms with E-state index in [1.165, 1.54) is 0 Å². The summed E-state index contributed by atoms with van der Waals surface area (Å²) in [5.41, 5.74) is 1.81. The van der Waals surface area contributed by atoms with Gasteiger partial charge in [0.2, 0.25) is 5.91 Å². The number of benzene rings is 1. The van der Waals surface area contributed by atoms with Gasteiger partial charge in [0, 0.05) is 17.4 Å². The molecule has 0 spiro atoms. The Labute approximate surface area is 172 Å². The summed E-state index contributed by atoms with van der Waals surface area (Å²) in [7, 11) is 0. The van der Waals surface area contributed by atoms with Crippen LogP contribution in [-0.4, -0.2) is 28.9 Å². The third kappa shape index (κ3) is 3.98. The van der Waals surface area contributed by atoms with Crippen LogP contribution in [0.5, 0.6) is 11.5 Å². The molecule has 4 rings (SSSR count). The Balaban J connectivity index is 1.50. The minimum atomic E-state index is -0.217. The molecule has 1 aromatic heterocycles. The average molecular weight is 398 g/mol. The maximum atomic E-state index is 13.0. The number of nitrogens with one attached hydrogen (secondary N) is 1. The fourth-order valence-electron chi connectivity index (χ4n) is 3.71. The molecule has 6 nitrogen and oxygen atoms in total. The molecule has 2 atom stereocenters. The van der Waals surface area contributed by atoms with Gasteiger partial charge in [0.25, 0.3) is 0 Å². The first-order valence-corrected chi connectivity index (χ1v) is 10.4. The molecular formula is C23H31N3O3. The topological polar surface area (TPSA) is 65.4 Å². The second-order valence-corrected chi connectivity index (χ2v) is 10.1. The summed E-state index contributed by atoms with van der Waals surface area (Å²) in [6, 6.07) is 8.01. The lowest BCUT2D eigenvalue weighted by atomic mass is 9.92. The molecule has 1 fully saturated rings. The van der Waals surface area contributed by atoms with Crippen LogP contribution in [0.4, 0.5) is 5.82 Å². The molecule has 0 unspecified atom stereocenters. The second kappa shape index (κ2) is 6.78. The summed E-state index contributed by atoms with van der Waals surface area (Å²) in [6.45, 7) is 13.8. The highest BCUT2D eigenvalue weighted by atomic mass is 16.6. The number of fused-ring (bicyclic) bond motifs is 1. The summed E-state index contributed by atoms with van der Waals surface area (Å²) < 4.78 is 13.2. The number of carbonyl (C=O) groups is 1. The Morgan fingerprint density at radius 2 is 1.76 bits per heavy atom. The summed E-state index contributed by atoms with van der Waals surface area (Å²) in [6.07, 6.45) is 0.848. The van der Waals surface area contributed by atoms with E-state index in [1.807, 2.05) is 28.9 Å². The van der Waals surface area contributed by atoms with Crippen LogP contribution in [-0.2, 0) is 15.7 Å². The summed E-state index contributed by atoms with van der Waals surface area (Å²) in [5, 5.41) is 7.92. The van der Waals surface area contributed by atoms with Crippen molar-refractivity contribution in [2.45, 2.75) is 64.8 Å². The molecule has 1 aromatic carbocycles. The second-order valence-electron chi connectivity index (χ2n) is 10.1. The van der Waals surface area contributed by atoms with Gasteiger partial charge < -0.3 is 14.8 Å². The number of hydrogen-bond donors (Lipinski definition) is 1. The lowest BCUT2D eigenvalue weighted by Gasteiger charge is -2.23. The zero-order valence-electron chi connectivity index (χ0n) is 18.2. The molecule has 1 aliphatic carbocycles. The molecule has 2 heterocycles. The van der Waals surface area contributed by atoms with Crippen LogP contribution in [0.15, 0.2) is 24.3 Å². The molecule has 1 N–H and O–H groups in total. The number of hydrogen-bond acceptors (Lipinski definition) is 4. The van der Waals surface area contributed by atoms with Crippen LogP contribution in [0.2, 0.25) is 0 Å². The molecule has 0 bridgehead atoms. The van der Waals surface area contributed by atoms with Crippen molar-refractivity contribution in [1.29, 1.82) is 0 Å². The minimum absolute atomic E-state index is 0.0287. The van der Waals surface area contributed by atoms with Gasteiger partial charge in [-0.25, -0.2) is 4.68 Å². The van der Waals surface area contributed by atoms with Gasteiger partial charge in [0.1, 0.15) is 19.0 Å². The zero-order valence-corrected chi connectivity index (χ0v) is 18.2. The molecule has 29 heavy (non-hydrogen) atoms. The molecule has 156 valence electrons. The van der Waals surface area contributed by atoms with E-state index in [2.05, 4.69) is 46.9 Å². The van der Waals surface area contributed by atoms with Crippen LogP contribution < -0.4 is 14.8 Å². The molecule has 1 aliphatic heterocycles. The maximum Gasteiger partial charge on any atom is 0.229 e. The number of nitrogens with zero attached hydrogens (tertiary/aromatic N) is 2. The number of amides is 1. The van der Waals surface area contributed by atoms with Crippen molar-refractivity contribution in [2.75, 3.05) is 18.5 Å². The summed E-state index contributed by atoms with van der Waals surface area (Å²) >= 11 is 0. The Bertz CT molecular complexity index is 934. The fraction of sp³-hybridized carbons (Fsp3) is 0.565. The maximum absolute atomic E-state index is 13.0. The molecule has 0 saturated heterocycles. The van der Waals surface area contributed by atoms with Gasteiger partial charge in [-0.3, -0.25) is 4.79 Å². The van der Waals surface area contributed by atoms with E-state index in [0.29, 0.717) is 13.2 Å². The molecule has 1 amide bonds. The van der Waals surface area contributed by atoms with Gasteiger partial charge in [-0.1, -0.05) is 26.8 Å². The van der Waals surface area contributed by atoms with E-state index in [4.69, 9.17) is 14.6 Å². The van der Waals surface area contributed by atoms with Crippen LogP contribution in [0.3, 0.4) is 0 Å². The standard InChI is InChI=1S/C23H31N3O3/c1-22(2,3)19-13-20(26(25-19)23(4,5)6)24-21(27)16-12-15(16)14-7-8-17-18(11-14)29-10-9-28-17/h7-8,11,13,15-16H,9-10,12H2,1-6H3,(H,24,27)/t15-,16+/m1/s1. The fourth-order valence-corrected chi connectivity index (χ4v) is 3.71. The van der Waals surface area contributed by atoms with Crippen molar-refractivity contribution >= 4 is 11.7 Å². The first-order valence-electron chi connectivity index (χ1n) is 10.4. The zero-order chi connectivity index (χ0) is 21.0. The Kier molecular flexibility index (Phi) is 4.63. The highest BCUT2D eigenvalue weighted by Gasteiger charge is 2.44. The predicted molar refractivity (Wildman–Crippen MR) is 113 cm³/mol. The molecule has 2 aliphatic rings. The normalized spacial score (nSPS) is 21.0. The van der Waals surface area contributed by atoms with Crippen molar-refractivity contribution in [2.24, 2.45) is 5.92 Å². The molecule has 0 radical (unpaired) electrons. The van der Waals surface area contributed by atoms with Crippen LogP contribution in [0.25, 0.3) is 0 Å². The van der Waals surface area contributed by atoms with E-state index < -0.39 is 0 Å². The highest BCUT2D eigenvalue weighted by molar-refractivity contribution is 5.94. The van der Waals surface area contributed by atoms with E-state index in [1.54, 1.807) is 0 Å². The van der Waals surface area contributed by atoms with Gasteiger partial charge in [-0.15, -0.1) is 0 Å². The largest absolute Gasteiger partial charge is 0.486 e. The van der Waals surface area contributed by atoms with Crippen LogP contribution in [0.1, 0.15) is 65.1 Å². The van der Waals surface area contributed by atoms with Crippen molar-refractivity contribution in [3.8, 4) is 11.5 Å². The van der Waals surface area contributed by atoms with Gasteiger partial charge in [0.15, 0.2) is 11.5 Å². The molecule has 2 aromatic rings. The Hall–Kier alpha value is -2.50. The molecule has 1 saturated carbocycles. The van der Waals surface area contributed by atoms with Crippen LogP contribution >= 0.6 is 0 Å². The predicted octanol–water partition coefficient (Wildman–Crippen LogP) is 4.45. The number of rotatable bonds is 3. The average Bonchev–Trinajstić information content (AvgIpc) is 3.32. The van der Waals surface area contributed by atoms with E-state index in [9.17, 15) is 4.79 Å². The monoisotopic (exact) mass is 397 g/mol. The quantitative estimate of drug-likeness (QED) is 0.831. The molecule has 6 heteroatoms. The van der Waals surface area contributed by atoms with E-state index in [-0.39, 0.29) is 28.7 Å². The third-order valence-electron chi connectivity index (χ3n) is 5.49. The number of carbonyl (C=O) groups excluding carboxylic acids is 1. The number of aromatic nitrogens is 2. The summed E-state index contributed by atoms with van der Waals surface area (Å²) in [5.74, 6) is 2.57. The Morgan fingerprint density at radius 1 is 1.07 bits per heavy atom. The third-order valence-corrected chi connectivity index (χ3v) is 5.49. The van der Waals surface area contributed by atoms with Crippen molar-refractivity contribution in [3.63, 3.8) is 0 Å². The SMILES string of the molecule is CC(C)(C)c1cc(NC(=O)[C@H]2C[C@@H]2c2ccc3c(c2)OCCO3)n(C(C)(C)C)n1. The first kappa shape index (κ1) is 19.8. The smallest absolute Gasteiger partial charge is 0.229 e. The van der Waals surface area contributed by atoms with Crippen molar-refractivity contribution in [3.05, 3.63) is 35.5 Å². The summed E-state index contributed by atoms with van der Waals surface area (Å²) in [4.78, 5) is 13.0. The lowest BCUT2D eigenvalue weighted by Crippen LogP contribution is -2.27. The van der Waals surface area contributed by atoms with Gasteiger partial charge in [-0.2, -0.15) is 5.10 Å². The van der Waals surface area contributed by atoms with Crippen LogP contribution in [0, 0.1) is 5.92 Å². The number of ether oxygens (including phenoxy) is 2. The van der Waals surface area contributed by atoms with Crippen molar-refractivity contribution < 1.29 is 14.3 Å². The van der Waals surface area contributed by atoms with Gasteiger partial charge in [0.05, 0.1) is 11.2 Å². The van der Waals surface area contributed by atoms with Gasteiger partial charge in [-0.05, 0) is 50.8 Å². The highest BCUT2D eigenvalue weighted by Crippen LogP contribution is 2.50. The van der Waals surface area contributed by atoms with Crippen molar-refractivity contribution in [1.82, 2.24) is 9.78 Å². The van der Waals surface area contributed by atoms with Gasteiger partial charge >= 0.3 is 0 Å². The van der Waals surface area contributed by atoms with E-state index in [0.717, 1.165) is 35.0 Å². The first-order chi connectivity index (χ1) is 13.5.